The van der Waals surface area contributed by atoms with Gasteiger partial charge in [-0.1, -0.05) is 158 Å². The number of hydrogen-bond acceptors (Lipinski definition) is 4. The summed E-state index contributed by atoms with van der Waals surface area (Å²) in [5, 5.41) is 4.38. The molecule has 0 atom stereocenters. The van der Waals surface area contributed by atoms with Crippen molar-refractivity contribution < 1.29 is 4.42 Å². The van der Waals surface area contributed by atoms with Crippen LogP contribution in [-0.2, 0) is 0 Å². The fourth-order valence-electron chi connectivity index (χ4n) is 8.08. The largest absolute Gasteiger partial charge is 0.456 e. The van der Waals surface area contributed by atoms with Gasteiger partial charge in [-0.15, -0.1) is 0 Å². The molecule has 3 aromatic heterocycles. The fraction of sp³-hybridized carbons (Fsp3) is 0. The van der Waals surface area contributed by atoms with Crippen LogP contribution in [0.4, 0.5) is 0 Å². The standard InChI is InChI=1S/C51H32N4O/c1-5-16-33(17-6-1)37-28-29-44-42(30-37)39-24-13-14-26-43(39)55(44)38-31-41(34-18-7-2-8-19-34)48-46(32-38)56-45-27-15-25-40(47(45)48)51-53-49(35-20-9-3-10-21-35)52-50(54-51)36-22-11-4-12-23-36/h1-32H. The van der Waals surface area contributed by atoms with E-state index in [4.69, 9.17) is 19.4 Å². The van der Waals surface area contributed by atoms with Gasteiger partial charge < -0.3 is 8.98 Å². The molecule has 262 valence electrons. The third-order valence-corrected chi connectivity index (χ3v) is 10.6. The van der Waals surface area contributed by atoms with E-state index in [1.54, 1.807) is 0 Å². The van der Waals surface area contributed by atoms with E-state index in [0.717, 1.165) is 66.5 Å². The van der Waals surface area contributed by atoms with Gasteiger partial charge in [-0.25, -0.2) is 15.0 Å². The van der Waals surface area contributed by atoms with E-state index in [1.165, 1.54) is 21.9 Å². The molecule has 0 aliphatic carbocycles. The molecule has 0 aliphatic heterocycles. The highest BCUT2D eigenvalue weighted by Gasteiger charge is 2.22. The first-order chi connectivity index (χ1) is 27.8. The lowest BCUT2D eigenvalue weighted by Gasteiger charge is -2.13. The lowest BCUT2D eigenvalue weighted by Crippen LogP contribution is -2.00. The first kappa shape index (κ1) is 31.9. The zero-order chi connectivity index (χ0) is 37.0. The zero-order valence-electron chi connectivity index (χ0n) is 30.2. The highest BCUT2D eigenvalue weighted by molar-refractivity contribution is 6.18. The molecule has 11 rings (SSSR count). The lowest BCUT2D eigenvalue weighted by atomic mass is 9.96. The Hall–Kier alpha value is -7.63. The van der Waals surface area contributed by atoms with Gasteiger partial charge in [-0.05, 0) is 52.6 Å². The minimum atomic E-state index is 0.589. The molecule has 11 aromatic rings. The van der Waals surface area contributed by atoms with Gasteiger partial charge in [0.1, 0.15) is 11.2 Å². The molecule has 0 unspecified atom stereocenters. The van der Waals surface area contributed by atoms with Crippen molar-refractivity contribution in [2.24, 2.45) is 0 Å². The molecule has 5 nitrogen and oxygen atoms in total. The van der Waals surface area contributed by atoms with Crippen molar-refractivity contribution in [1.29, 1.82) is 0 Å². The minimum Gasteiger partial charge on any atom is -0.456 e. The predicted molar refractivity (Wildman–Crippen MR) is 229 cm³/mol. The summed E-state index contributed by atoms with van der Waals surface area (Å²) in [6.07, 6.45) is 0. The minimum absolute atomic E-state index is 0.589. The molecule has 0 N–H and O–H groups in total. The van der Waals surface area contributed by atoms with Gasteiger partial charge >= 0.3 is 0 Å². The Morgan fingerprint density at radius 2 is 0.893 bits per heavy atom. The number of nitrogens with zero attached hydrogens (tertiary/aromatic N) is 4. The van der Waals surface area contributed by atoms with Crippen LogP contribution in [0.1, 0.15) is 0 Å². The molecule has 0 aliphatic rings. The normalized spacial score (nSPS) is 11.6. The number of benzene rings is 8. The summed E-state index contributed by atoms with van der Waals surface area (Å²) in [6.45, 7) is 0. The Labute approximate surface area is 322 Å². The van der Waals surface area contributed by atoms with Gasteiger partial charge in [0, 0.05) is 44.3 Å². The van der Waals surface area contributed by atoms with Crippen molar-refractivity contribution in [3.8, 4) is 62.1 Å². The number of furan rings is 1. The van der Waals surface area contributed by atoms with Gasteiger partial charge in [0.05, 0.1) is 16.7 Å². The maximum Gasteiger partial charge on any atom is 0.164 e. The SMILES string of the molecule is c1ccc(-c2ccc3c(c2)c2ccccc2n3-c2cc(-c3ccccc3)c3c(c2)oc2cccc(-c4nc(-c5ccccc5)nc(-c5ccccc5)n4)c23)cc1. The summed E-state index contributed by atoms with van der Waals surface area (Å²) in [5.74, 6) is 1.82. The molecule has 0 radical (unpaired) electrons. The average Bonchev–Trinajstić information content (AvgIpc) is 3.83. The van der Waals surface area contributed by atoms with E-state index < -0.39 is 0 Å². The Morgan fingerprint density at radius 1 is 0.339 bits per heavy atom. The first-order valence-corrected chi connectivity index (χ1v) is 18.8. The van der Waals surface area contributed by atoms with Crippen LogP contribution in [0.3, 0.4) is 0 Å². The van der Waals surface area contributed by atoms with E-state index in [1.807, 2.05) is 72.8 Å². The van der Waals surface area contributed by atoms with Gasteiger partial charge in [-0.3, -0.25) is 0 Å². The van der Waals surface area contributed by atoms with Crippen molar-refractivity contribution in [3.05, 3.63) is 194 Å². The monoisotopic (exact) mass is 716 g/mol. The Kier molecular flexibility index (Phi) is 7.42. The molecular weight excluding hydrogens is 685 g/mol. The quantitative estimate of drug-likeness (QED) is 0.172. The summed E-state index contributed by atoms with van der Waals surface area (Å²) >= 11 is 0. The van der Waals surface area contributed by atoms with E-state index >= 15 is 0 Å². The van der Waals surface area contributed by atoms with Gasteiger partial charge in [0.25, 0.3) is 0 Å². The van der Waals surface area contributed by atoms with E-state index in [9.17, 15) is 0 Å². The van der Waals surface area contributed by atoms with E-state index in [0.29, 0.717) is 17.5 Å². The van der Waals surface area contributed by atoms with Crippen LogP contribution in [0.2, 0.25) is 0 Å². The van der Waals surface area contributed by atoms with Gasteiger partial charge in [-0.2, -0.15) is 0 Å². The second kappa shape index (κ2) is 13.0. The second-order valence-corrected chi connectivity index (χ2v) is 14.0. The number of para-hydroxylation sites is 1. The first-order valence-electron chi connectivity index (χ1n) is 18.8. The molecule has 3 heterocycles. The number of hydrogen-bond donors (Lipinski definition) is 0. The van der Waals surface area contributed by atoms with E-state index in [2.05, 4.69) is 126 Å². The summed E-state index contributed by atoms with van der Waals surface area (Å²) in [5.41, 5.74) is 12.1. The van der Waals surface area contributed by atoms with Crippen LogP contribution >= 0.6 is 0 Å². The predicted octanol–water partition coefficient (Wildman–Crippen LogP) is 13.2. The highest BCUT2D eigenvalue weighted by Crippen LogP contribution is 2.44. The maximum absolute atomic E-state index is 6.86. The van der Waals surface area contributed by atoms with Gasteiger partial charge in [0.15, 0.2) is 17.5 Å². The molecule has 0 amide bonds. The third kappa shape index (κ3) is 5.29. The number of rotatable bonds is 6. The molecular formula is C51H32N4O. The summed E-state index contributed by atoms with van der Waals surface area (Å²) in [7, 11) is 0. The molecule has 8 aromatic carbocycles. The topological polar surface area (TPSA) is 56.7 Å². The maximum atomic E-state index is 6.86. The van der Waals surface area contributed by atoms with Crippen LogP contribution in [0.5, 0.6) is 0 Å². The molecule has 56 heavy (non-hydrogen) atoms. The second-order valence-electron chi connectivity index (χ2n) is 14.0. The molecule has 0 fully saturated rings. The van der Waals surface area contributed by atoms with Crippen molar-refractivity contribution >= 4 is 43.7 Å². The van der Waals surface area contributed by atoms with Crippen molar-refractivity contribution in [2.45, 2.75) is 0 Å². The van der Waals surface area contributed by atoms with Crippen LogP contribution in [-0.4, -0.2) is 19.5 Å². The highest BCUT2D eigenvalue weighted by atomic mass is 16.3. The van der Waals surface area contributed by atoms with Crippen LogP contribution in [0.15, 0.2) is 199 Å². The third-order valence-electron chi connectivity index (χ3n) is 10.6. The number of aromatic nitrogens is 4. The van der Waals surface area contributed by atoms with Crippen LogP contribution in [0, 0.1) is 0 Å². The lowest BCUT2D eigenvalue weighted by molar-refractivity contribution is 0.669. The Morgan fingerprint density at radius 3 is 1.57 bits per heavy atom. The van der Waals surface area contributed by atoms with Crippen LogP contribution < -0.4 is 0 Å². The fourth-order valence-corrected chi connectivity index (χ4v) is 8.08. The van der Waals surface area contributed by atoms with Crippen molar-refractivity contribution in [3.63, 3.8) is 0 Å². The van der Waals surface area contributed by atoms with Crippen molar-refractivity contribution in [1.82, 2.24) is 19.5 Å². The van der Waals surface area contributed by atoms with Crippen LogP contribution in [0.25, 0.3) is 106 Å². The van der Waals surface area contributed by atoms with Crippen molar-refractivity contribution in [2.75, 3.05) is 0 Å². The molecule has 0 saturated carbocycles. The summed E-state index contributed by atoms with van der Waals surface area (Å²) < 4.78 is 9.23. The zero-order valence-corrected chi connectivity index (χ0v) is 30.2. The smallest absolute Gasteiger partial charge is 0.164 e. The van der Waals surface area contributed by atoms with Gasteiger partial charge in [0.2, 0.25) is 0 Å². The molecule has 0 saturated heterocycles. The Balaban J connectivity index is 1.18. The summed E-state index contributed by atoms with van der Waals surface area (Å²) in [6, 6.07) is 67.4. The molecule has 0 spiro atoms. The number of fused-ring (bicyclic) bond motifs is 6. The molecule has 5 heteroatoms. The Bertz CT molecular complexity index is 3170. The molecule has 0 bridgehead atoms. The van der Waals surface area contributed by atoms with E-state index in [-0.39, 0.29) is 0 Å². The summed E-state index contributed by atoms with van der Waals surface area (Å²) in [4.78, 5) is 15.2. The average molecular weight is 717 g/mol.